The van der Waals surface area contributed by atoms with Gasteiger partial charge in [0.1, 0.15) is 5.76 Å². The molecule has 0 bridgehead atoms. The molecule has 2 rings (SSSR count). The number of benzene rings is 1. The topological polar surface area (TPSA) is 99.6 Å². The van der Waals surface area contributed by atoms with Crippen molar-refractivity contribution in [1.29, 1.82) is 0 Å². The highest BCUT2D eigenvalue weighted by molar-refractivity contribution is 7.89. The highest BCUT2D eigenvalue weighted by atomic mass is 32.2. The Morgan fingerprint density at radius 2 is 2.05 bits per heavy atom. The summed E-state index contributed by atoms with van der Waals surface area (Å²) in [5.41, 5.74) is 0.507. The van der Waals surface area contributed by atoms with Crippen molar-refractivity contribution in [2.75, 3.05) is 6.61 Å². The Bertz CT molecular complexity index is 733. The van der Waals surface area contributed by atoms with Gasteiger partial charge < -0.3 is 9.15 Å². The number of carbonyl (C=O) groups is 1. The smallest absolute Gasteiger partial charge is 0.374 e. The first kappa shape index (κ1) is 14.3. The van der Waals surface area contributed by atoms with E-state index in [0.717, 1.165) is 0 Å². The minimum atomic E-state index is -3.78. The van der Waals surface area contributed by atoms with E-state index in [2.05, 4.69) is 0 Å². The fraction of sp³-hybridized carbons (Fsp3) is 0.154. The van der Waals surface area contributed by atoms with Crippen LogP contribution in [-0.4, -0.2) is 21.0 Å². The molecular weight excluding hydrogens is 282 g/mol. The molecule has 1 heterocycles. The van der Waals surface area contributed by atoms with Gasteiger partial charge >= 0.3 is 5.97 Å². The second kappa shape index (κ2) is 5.48. The first-order chi connectivity index (χ1) is 9.41. The molecule has 6 nitrogen and oxygen atoms in total. The van der Waals surface area contributed by atoms with Crippen LogP contribution in [0.1, 0.15) is 17.5 Å². The second-order valence-corrected chi connectivity index (χ2v) is 5.52. The van der Waals surface area contributed by atoms with Crippen LogP contribution < -0.4 is 5.14 Å². The van der Waals surface area contributed by atoms with Crippen molar-refractivity contribution in [3.63, 3.8) is 0 Å². The molecule has 106 valence electrons. The number of ether oxygens (including phenoxy) is 1. The quantitative estimate of drug-likeness (QED) is 0.866. The van der Waals surface area contributed by atoms with Gasteiger partial charge in [-0.25, -0.2) is 18.4 Å². The predicted molar refractivity (Wildman–Crippen MR) is 71.5 cm³/mol. The van der Waals surface area contributed by atoms with Crippen LogP contribution in [-0.2, 0) is 14.8 Å². The van der Waals surface area contributed by atoms with Crippen molar-refractivity contribution < 1.29 is 22.4 Å². The zero-order chi connectivity index (χ0) is 14.8. The van der Waals surface area contributed by atoms with Gasteiger partial charge in [-0.1, -0.05) is 12.1 Å². The number of hydrogen-bond acceptors (Lipinski definition) is 5. The predicted octanol–water partition coefficient (Wildman–Crippen LogP) is 1.77. The van der Waals surface area contributed by atoms with E-state index in [1.807, 2.05) is 0 Å². The van der Waals surface area contributed by atoms with Gasteiger partial charge in [-0.15, -0.1) is 0 Å². The summed E-state index contributed by atoms with van der Waals surface area (Å²) in [5.74, 6) is -0.150. The highest BCUT2D eigenvalue weighted by Crippen LogP contribution is 2.24. The normalized spacial score (nSPS) is 11.3. The molecular formula is C13H13NO5S. The number of hydrogen-bond donors (Lipinski definition) is 1. The van der Waals surface area contributed by atoms with Crippen LogP contribution in [0.25, 0.3) is 11.3 Å². The van der Waals surface area contributed by atoms with E-state index in [4.69, 9.17) is 14.3 Å². The number of nitrogens with two attached hydrogens (primary N) is 1. The summed E-state index contributed by atoms with van der Waals surface area (Å²) in [6.45, 7) is 1.94. The molecule has 0 unspecified atom stereocenters. The minimum absolute atomic E-state index is 0.0240. The van der Waals surface area contributed by atoms with Gasteiger partial charge in [0.2, 0.25) is 15.8 Å². The third-order valence-corrected chi connectivity index (χ3v) is 3.44. The van der Waals surface area contributed by atoms with E-state index in [1.165, 1.54) is 18.2 Å². The molecule has 1 aromatic heterocycles. The van der Waals surface area contributed by atoms with Crippen LogP contribution >= 0.6 is 0 Å². The van der Waals surface area contributed by atoms with E-state index in [-0.39, 0.29) is 17.3 Å². The largest absolute Gasteiger partial charge is 0.460 e. The molecule has 20 heavy (non-hydrogen) atoms. The van der Waals surface area contributed by atoms with Crippen LogP contribution in [0.4, 0.5) is 0 Å². The number of primary sulfonamides is 1. The second-order valence-electron chi connectivity index (χ2n) is 3.96. The average Bonchev–Trinajstić information content (AvgIpc) is 2.88. The molecule has 2 aromatic rings. The molecule has 0 saturated heterocycles. The third-order valence-electron chi connectivity index (χ3n) is 2.53. The number of carbonyl (C=O) groups excluding carboxylic acids is 1. The fourth-order valence-corrected chi connectivity index (χ4v) is 2.19. The van der Waals surface area contributed by atoms with Crippen LogP contribution in [0.3, 0.4) is 0 Å². The molecule has 0 aliphatic rings. The molecule has 0 fully saturated rings. The standard InChI is InChI=1S/C13H13NO5S/c1-2-18-13(15)12-7-6-11(19-12)9-4-3-5-10(8-9)20(14,16)17/h3-8H,2H2,1H3,(H2,14,16,17). The molecule has 0 aliphatic carbocycles. The molecule has 0 radical (unpaired) electrons. The van der Waals surface area contributed by atoms with Gasteiger partial charge in [-0.3, -0.25) is 0 Å². The van der Waals surface area contributed by atoms with Crippen LogP contribution in [0.15, 0.2) is 45.7 Å². The lowest BCUT2D eigenvalue weighted by atomic mass is 10.2. The molecule has 0 spiro atoms. The van der Waals surface area contributed by atoms with Crippen LogP contribution in [0.2, 0.25) is 0 Å². The van der Waals surface area contributed by atoms with Gasteiger partial charge in [0, 0.05) is 5.56 Å². The lowest BCUT2D eigenvalue weighted by Crippen LogP contribution is -2.11. The molecule has 7 heteroatoms. The molecule has 0 amide bonds. The summed E-state index contributed by atoms with van der Waals surface area (Å²) in [4.78, 5) is 11.5. The van der Waals surface area contributed by atoms with Crippen molar-refractivity contribution >= 4 is 16.0 Å². The van der Waals surface area contributed by atoms with E-state index in [0.29, 0.717) is 11.3 Å². The lowest BCUT2D eigenvalue weighted by molar-refractivity contribution is 0.0491. The molecule has 0 aliphatic heterocycles. The highest BCUT2D eigenvalue weighted by Gasteiger charge is 2.14. The number of furan rings is 1. The zero-order valence-electron chi connectivity index (χ0n) is 10.7. The Hall–Kier alpha value is -2.12. The van der Waals surface area contributed by atoms with Crippen molar-refractivity contribution in [2.24, 2.45) is 5.14 Å². The van der Waals surface area contributed by atoms with Crippen LogP contribution in [0.5, 0.6) is 0 Å². The summed E-state index contributed by atoms with van der Waals surface area (Å²) >= 11 is 0. The summed E-state index contributed by atoms with van der Waals surface area (Å²) < 4.78 is 32.7. The number of esters is 1. The van der Waals surface area contributed by atoms with E-state index in [9.17, 15) is 13.2 Å². The molecule has 0 atom stereocenters. The maximum Gasteiger partial charge on any atom is 0.374 e. The monoisotopic (exact) mass is 295 g/mol. The van der Waals surface area contributed by atoms with Gasteiger partial charge in [0.15, 0.2) is 0 Å². The zero-order valence-corrected chi connectivity index (χ0v) is 11.5. The van der Waals surface area contributed by atoms with Crippen LogP contribution in [0, 0.1) is 0 Å². The molecule has 1 aromatic carbocycles. The first-order valence-electron chi connectivity index (χ1n) is 5.82. The maximum atomic E-state index is 11.5. The van der Waals surface area contributed by atoms with E-state index in [1.54, 1.807) is 25.1 Å². The first-order valence-corrected chi connectivity index (χ1v) is 7.36. The fourth-order valence-electron chi connectivity index (χ4n) is 1.63. The third kappa shape index (κ3) is 3.06. The average molecular weight is 295 g/mol. The SMILES string of the molecule is CCOC(=O)c1ccc(-c2cccc(S(N)(=O)=O)c2)o1. The number of rotatable bonds is 4. The summed E-state index contributed by atoms with van der Waals surface area (Å²) in [5, 5.41) is 5.06. The van der Waals surface area contributed by atoms with Gasteiger partial charge in [0.05, 0.1) is 11.5 Å². The molecule has 2 N–H and O–H groups in total. The Kier molecular flexibility index (Phi) is 3.91. The van der Waals surface area contributed by atoms with E-state index < -0.39 is 16.0 Å². The summed E-state index contributed by atoms with van der Waals surface area (Å²) in [7, 11) is -3.78. The Morgan fingerprint density at radius 1 is 1.30 bits per heavy atom. The summed E-state index contributed by atoms with van der Waals surface area (Å²) in [6, 6.07) is 8.99. The summed E-state index contributed by atoms with van der Waals surface area (Å²) in [6.07, 6.45) is 0. The van der Waals surface area contributed by atoms with Crippen molar-refractivity contribution in [1.82, 2.24) is 0 Å². The van der Waals surface area contributed by atoms with Crippen molar-refractivity contribution in [2.45, 2.75) is 11.8 Å². The molecule has 0 saturated carbocycles. The van der Waals surface area contributed by atoms with Gasteiger partial charge in [-0.05, 0) is 31.2 Å². The Morgan fingerprint density at radius 3 is 2.70 bits per heavy atom. The van der Waals surface area contributed by atoms with Crippen molar-refractivity contribution in [3.8, 4) is 11.3 Å². The van der Waals surface area contributed by atoms with Crippen molar-refractivity contribution in [3.05, 3.63) is 42.2 Å². The Labute approximate surface area is 116 Å². The minimum Gasteiger partial charge on any atom is -0.460 e. The lowest BCUT2D eigenvalue weighted by Gasteiger charge is -2.01. The maximum absolute atomic E-state index is 11.5. The Balaban J connectivity index is 2.36. The van der Waals surface area contributed by atoms with E-state index >= 15 is 0 Å². The number of sulfonamides is 1. The van der Waals surface area contributed by atoms with Gasteiger partial charge in [-0.2, -0.15) is 0 Å². The van der Waals surface area contributed by atoms with Gasteiger partial charge in [0.25, 0.3) is 0 Å².